The summed E-state index contributed by atoms with van der Waals surface area (Å²) in [6.45, 7) is 4.43. The van der Waals surface area contributed by atoms with Crippen molar-refractivity contribution >= 4 is 41.7 Å². The minimum Gasteiger partial charge on any atom is -0.462 e. The number of nitrogens with zero attached hydrogens (tertiary/aromatic N) is 1. The highest BCUT2D eigenvalue weighted by Gasteiger charge is 2.25. The normalized spacial score (nSPS) is 16.8. The number of ether oxygens (including phenoxy) is 2. The topological polar surface area (TPSA) is 149 Å². The maximum Gasteiger partial charge on any atom is 0.330 e. The molecule has 166 valence electrons. The van der Waals surface area contributed by atoms with Crippen LogP contribution in [0.5, 0.6) is 0 Å². The van der Waals surface area contributed by atoms with Crippen molar-refractivity contribution in [2.24, 2.45) is 0 Å². The van der Waals surface area contributed by atoms with Crippen LogP contribution in [0.15, 0.2) is 21.9 Å². The molecule has 2 unspecified atom stereocenters. The Balaban J connectivity index is 2.70. The number of carbonyl (C=O) groups is 1. The van der Waals surface area contributed by atoms with Gasteiger partial charge in [0.2, 0.25) is 0 Å². The summed E-state index contributed by atoms with van der Waals surface area (Å²) in [4.78, 5) is 36.9. The fraction of sp³-hybridized carbons (Fsp3) is 0.667. The first-order chi connectivity index (χ1) is 13.5. The lowest BCUT2D eigenvalue weighted by Crippen LogP contribution is -2.38. The SMILES string of the molecule is CC(C)OC(=O)[C@H](C)N[PH](=O)OC[C@@H](OC(CBr)n1ccc(=O)[nH]c1=O)[C@@H](O)Cl. The first-order valence-corrected chi connectivity index (χ1v) is 11.4. The third-order valence-electron chi connectivity index (χ3n) is 3.35. The molecule has 1 heterocycles. The van der Waals surface area contributed by atoms with E-state index in [4.69, 9.17) is 25.6 Å². The second-order valence-electron chi connectivity index (χ2n) is 6.12. The van der Waals surface area contributed by atoms with Crippen LogP contribution in [0, 0.1) is 0 Å². The number of hydrogen-bond acceptors (Lipinski definition) is 8. The zero-order valence-corrected chi connectivity index (χ0v) is 19.3. The average Bonchev–Trinajstić information content (AvgIpc) is 2.61. The number of carbonyl (C=O) groups excluding carboxylic acids is 1. The number of alkyl halides is 2. The van der Waals surface area contributed by atoms with Gasteiger partial charge < -0.3 is 19.1 Å². The lowest BCUT2D eigenvalue weighted by molar-refractivity contribution is -0.149. The van der Waals surface area contributed by atoms with Gasteiger partial charge in [0.05, 0.1) is 12.7 Å². The van der Waals surface area contributed by atoms with E-state index in [0.717, 1.165) is 10.6 Å². The van der Waals surface area contributed by atoms with Crippen LogP contribution in [0.1, 0.15) is 27.0 Å². The standard InChI is InChI=1S/C15H24BrClN3O8P/c1-8(2)27-14(23)9(3)19-29(25)26-7-10(13(17)22)28-12(6-16)20-5-4-11(21)18-15(20)24/h4-5,8-10,12-13,22,29H,6-7H2,1-3H3,(H,19,25)(H,18,21,24)/t9-,10+,12?,13+/m0/s1. The largest absolute Gasteiger partial charge is 0.462 e. The Labute approximate surface area is 180 Å². The highest BCUT2D eigenvalue weighted by atomic mass is 79.9. The fourth-order valence-electron chi connectivity index (χ4n) is 1.99. The van der Waals surface area contributed by atoms with Gasteiger partial charge in [-0.05, 0) is 20.8 Å². The molecule has 0 fully saturated rings. The molecule has 11 nitrogen and oxygen atoms in total. The van der Waals surface area contributed by atoms with Gasteiger partial charge in [-0.2, -0.15) is 0 Å². The van der Waals surface area contributed by atoms with E-state index in [1.807, 2.05) is 0 Å². The molecular formula is C15H24BrClN3O8P. The summed E-state index contributed by atoms with van der Waals surface area (Å²) in [7, 11) is -2.89. The van der Waals surface area contributed by atoms with E-state index in [2.05, 4.69) is 26.0 Å². The first kappa shape index (κ1) is 26.0. The number of halogens is 2. The quantitative estimate of drug-likeness (QED) is 0.206. The molecule has 0 amide bonds. The molecule has 29 heavy (non-hydrogen) atoms. The van der Waals surface area contributed by atoms with Crippen molar-refractivity contribution in [1.82, 2.24) is 14.6 Å². The molecule has 3 N–H and O–H groups in total. The van der Waals surface area contributed by atoms with Gasteiger partial charge in [0, 0.05) is 17.6 Å². The highest BCUT2D eigenvalue weighted by molar-refractivity contribution is 9.09. The second-order valence-corrected chi connectivity index (χ2v) is 8.37. The van der Waals surface area contributed by atoms with Crippen LogP contribution >= 0.6 is 35.7 Å². The molecule has 0 saturated heterocycles. The summed E-state index contributed by atoms with van der Waals surface area (Å²) in [6.07, 6.45) is -1.22. The van der Waals surface area contributed by atoms with Crippen molar-refractivity contribution in [3.05, 3.63) is 33.1 Å². The number of aromatic amines is 1. The van der Waals surface area contributed by atoms with Crippen molar-refractivity contribution in [2.75, 3.05) is 11.9 Å². The Kier molecular flexibility index (Phi) is 11.3. The van der Waals surface area contributed by atoms with Gasteiger partial charge in [-0.25, -0.2) is 9.88 Å². The summed E-state index contributed by atoms with van der Waals surface area (Å²) >= 11 is 8.87. The molecule has 14 heteroatoms. The van der Waals surface area contributed by atoms with E-state index in [9.17, 15) is 24.1 Å². The first-order valence-electron chi connectivity index (χ1n) is 8.54. The molecule has 0 saturated carbocycles. The number of rotatable bonds is 12. The lowest BCUT2D eigenvalue weighted by atomic mass is 10.4. The summed E-state index contributed by atoms with van der Waals surface area (Å²) in [5.41, 5.74) is -2.85. The Morgan fingerprint density at radius 1 is 1.41 bits per heavy atom. The maximum atomic E-state index is 12.0. The minimum atomic E-state index is -2.89. The van der Waals surface area contributed by atoms with Gasteiger partial charge in [0.1, 0.15) is 18.4 Å². The second kappa shape index (κ2) is 12.6. The number of nitrogens with one attached hydrogen (secondary N) is 2. The van der Waals surface area contributed by atoms with E-state index < -0.39 is 55.9 Å². The molecule has 5 atom stereocenters. The number of H-pyrrole nitrogens is 1. The molecule has 0 aliphatic carbocycles. The minimum absolute atomic E-state index is 0.116. The fourth-order valence-corrected chi connectivity index (χ4v) is 3.45. The van der Waals surface area contributed by atoms with Crippen molar-refractivity contribution in [3.63, 3.8) is 0 Å². The van der Waals surface area contributed by atoms with Crippen molar-refractivity contribution < 1.29 is 28.5 Å². The number of aliphatic hydroxyl groups is 1. The van der Waals surface area contributed by atoms with Gasteiger partial charge >= 0.3 is 11.7 Å². The summed E-state index contributed by atoms with van der Waals surface area (Å²) in [5, 5.41) is 12.3. The van der Waals surface area contributed by atoms with Crippen LogP contribution in [-0.2, 0) is 23.4 Å². The molecular weight excluding hydrogens is 497 g/mol. The Morgan fingerprint density at radius 3 is 2.59 bits per heavy atom. The zero-order valence-electron chi connectivity index (χ0n) is 16.0. The lowest BCUT2D eigenvalue weighted by Gasteiger charge is -2.25. The molecule has 1 aromatic heterocycles. The van der Waals surface area contributed by atoms with Crippen LogP contribution in [0.4, 0.5) is 0 Å². The van der Waals surface area contributed by atoms with Crippen LogP contribution in [0.25, 0.3) is 0 Å². The van der Waals surface area contributed by atoms with Gasteiger partial charge in [0.25, 0.3) is 13.7 Å². The Morgan fingerprint density at radius 2 is 2.07 bits per heavy atom. The predicted octanol–water partition coefficient (Wildman–Crippen LogP) is 0.709. The Bertz CT molecular complexity index is 802. The van der Waals surface area contributed by atoms with Gasteiger partial charge in [0.15, 0.2) is 5.56 Å². The monoisotopic (exact) mass is 519 g/mol. The van der Waals surface area contributed by atoms with E-state index in [1.165, 1.54) is 13.1 Å². The number of aliphatic hydroxyl groups excluding tert-OH is 1. The predicted molar refractivity (Wildman–Crippen MR) is 110 cm³/mol. The molecule has 0 aromatic carbocycles. The number of esters is 1. The van der Waals surface area contributed by atoms with Crippen molar-refractivity contribution in [3.8, 4) is 0 Å². The maximum absolute atomic E-state index is 12.0. The summed E-state index contributed by atoms with van der Waals surface area (Å²) in [6, 6.07) is 0.252. The van der Waals surface area contributed by atoms with E-state index in [0.29, 0.717) is 0 Å². The van der Waals surface area contributed by atoms with Crippen molar-refractivity contribution in [1.29, 1.82) is 0 Å². The Hall–Kier alpha value is -1.01. The van der Waals surface area contributed by atoms with Crippen LogP contribution in [0.2, 0.25) is 0 Å². The van der Waals surface area contributed by atoms with E-state index >= 15 is 0 Å². The van der Waals surface area contributed by atoms with Crippen LogP contribution < -0.4 is 16.3 Å². The average molecular weight is 521 g/mol. The number of aromatic nitrogens is 2. The van der Waals surface area contributed by atoms with Gasteiger partial charge in [-0.15, -0.1) is 0 Å². The molecule has 0 spiro atoms. The molecule has 0 aliphatic heterocycles. The highest BCUT2D eigenvalue weighted by Crippen LogP contribution is 2.22. The van der Waals surface area contributed by atoms with Gasteiger partial charge in [-0.1, -0.05) is 27.5 Å². The van der Waals surface area contributed by atoms with Gasteiger partial charge in [-0.3, -0.25) is 23.7 Å². The van der Waals surface area contributed by atoms with Crippen LogP contribution in [0.3, 0.4) is 0 Å². The molecule has 0 bridgehead atoms. The third-order valence-corrected chi connectivity index (χ3v) is 5.28. The van der Waals surface area contributed by atoms with Crippen LogP contribution in [-0.4, -0.2) is 56.4 Å². The molecule has 0 radical (unpaired) electrons. The third kappa shape index (κ3) is 9.12. The summed E-state index contributed by atoms with van der Waals surface area (Å²) < 4.78 is 28.8. The van der Waals surface area contributed by atoms with E-state index in [-0.39, 0.29) is 11.4 Å². The summed E-state index contributed by atoms with van der Waals surface area (Å²) in [5.74, 6) is -0.594. The molecule has 1 rings (SSSR count). The van der Waals surface area contributed by atoms with Crippen molar-refractivity contribution in [2.45, 2.75) is 50.8 Å². The number of hydrogen-bond donors (Lipinski definition) is 3. The molecule has 1 aromatic rings. The molecule has 0 aliphatic rings. The van der Waals surface area contributed by atoms with E-state index in [1.54, 1.807) is 13.8 Å². The zero-order chi connectivity index (χ0) is 22.1. The smallest absolute Gasteiger partial charge is 0.330 e.